The van der Waals surface area contributed by atoms with Crippen LogP contribution in [0.15, 0.2) is 53.3 Å². The first-order chi connectivity index (χ1) is 15.3. The molecule has 0 radical (unpaired) electrons. The van der Waals surface area contributed by atoms with Gasteiger partial charge in [0.05, 0.1) is 11.3 Å². The van der Waals surface area contributed by atoms with Crippen molar-refractivity contribution in [3.05, 3.63) is 87.0 Å². The van der Waals surface area contributed by atoms with Crippen LogP contribution in [-0.4, -0.2) is 26.4 Å². The highest BCUT2D eigenvalue weighted by atomic mass is 19.4. The summed E-state index contributed by atoms with van der Waals surface area (Å²) in [6.07, 6.45) is -3.83. The first-order valence-electron chi connectivity index (χ1n) is 10.4. The van der Waals surface area contributed by atoms with Crippen molar-refractivity contribution in [3.8, 4) is 11.4 Å². The van der Waals surface area contributed by atoms with Crippen molar-refractivity contribution in [3.63, 3.8) is 0 Å². The van der Waals surface area contributed by atoms with Crippen LogP contribution in [0.5, 0.6) is 0 Å². The highest BCUT2D eigenvalue weighted by Gasteiger charge is 2.30. The molecule has 8 heteroatoms. The van der Waals surface area contributed by atoms with E-state index in [1.165, 1.54) is 23.1 Å². The number of aromatic amines is 2. The van der Waals surface area contributed by atoms with Crippen LogP contribution >= 0.6 is 0 Å². The van der Waals surface area contributed by atoms with Gasteiger partial charge in [0.2, 0.25) is 0 Å². The molecule has 32 heavy (non-hydrogen) atoms. The minimum atomic E-state index is -4.41. The first kappa shape index (κ1) is 20.5. The zero-order valence-electron chi connectivity index (χ0n) is 17.4. The molecule has 2 aromatic carbocycles. The molecule has 0 unspecified atom stereocenters. The number of para-hydroxylation sites is 1. The van der Waals surface area contributed by atoms with Crippen LogP contribution in [0, 0.1) is 6.92 Å². The van der Waals surface area contributed by atoms with Gasteiger partial charge in [-0.1, -0.05) is 30.3 Å². The molecule has 2 N–H and O–H groups in total. The second-order valence-corrected chi connectivity index (χ2v) is 8.15. The lowest BCUT2D eigenvalue weighted by molar-refractivity contribution is -0.137. The van der Waals surface area contributed by atoms with Crippen molar-refractivity contribution in [2.75, 3.05) is 6.54 Å². The maximum atomic E-state index is 12.9. The van der Waals surface area contributed by atoms with Gasteiger partial charge in [0.1, 0.15) is 5.82 Å². The van der Waals surface area contributed by atoms with Crippen LogP contribution in [0.2, 0.25) is 0 Å². The lowest BCUT2D eigenvalue weighted by atomic mass is 10.0. The van der Waals surface area contributed by atoms with Crippen LogP contribution in [0.3, 0.4) is 0 Å². The van der Waals surface area contributed by atoms with E-state index in [0.29, 0.717) is 29.8 Å². The summed E-state index contributed by atoms with van der Waals surface area (Å²) in [7, 11) is 0. The highest BCUT2D eigenvalue weighted by Crippen LogP contribution is 2.31. The fourth-order valence-electron chi connectivity index (χ4n) is 4.34. The SMILES string of the molecule is Cc1[nH]c2ccccc2c1CN1CCc2c(nc(-c3ccc(C(F)(F)F)cc3)[nH]c2=O)C1. The Morgan fingerprint density at radius 1 is 1.06 bits per heavy atom. The minimum Gasteiger partial charge on any atom is -0.358 e. The minimum absolute atomic E-state index is 0.229. The van der Waals surface area contributed by atoms with E-state index in [9.17, 15) is 18.0 Å². The third-order valence-electron chi connectivity index (χ3n) is 6.05. The van der Waals surface area contributed by atoms with Gasteiger partial charge in [0.25, 0.3) is 5.56 Å². The van der Waals surface area contributed by atoms with Crippen molar-refractivity contribution in [1.82, 2.24) is 19.9 Å². The molecule has 1 aliphatic heterocycles. The number of nitrogens with zero attached hydrogens (tertiary/aromatic N) is 2. The summed E-state index contributed by atoms with van der Waals surface area (Å²) in [5.41, 5.74) is 4.23. The number of alkyl halides is 3. The fraction of sp³-hybridized carbons (Fsp3) is 0.250. The molecule has 0 fully saturated rings. The normalized spacial score (nSPS) is 14.6. The van der Waals surface area contributed by atoms with E-state index in [1.807, 2.05) is 12.1 Å². The average Bonchev–Trinajstić information content (AvgIpc) is 3.08. The summed E-state index contributed by atoms with van der Waals surface area (Å²) in [5.74, 6) is 0.285. The largest absolute Gasteiger partial charge is 0.416 e. The summed E-state index contributed by atoms with van der Waals surface area (Å²) in [6, 6.07) is 12.8. The van der Waals surface area contributed by atoms with E-state index < -0.39 is 11.7 Å². The van der Waals surface area contributed by atoms with Crippen molar-refractivity contribution >= 4 is 10.9 Å². The van der Waals surface area contributed by atoms with Crippen LogP contribution < -0.4 is 5.56 Å². The Hall–Kier alpha value is -3.39. The molecular weight excluding hydrogens is 417 g/mol. The molecule has 1 aliphatic rings. The van der Waals surface area contributed by atoms with E-state index in [2.05, 4.69) is 38.9 Å². The molecule has 4 aromatic rings. The lowest BCUT2D eigenvalue weighted by Crippen LogP contribution is -2.35. The summed E-state index contributed by atoms with van der Waals surface area (Å²) in [5, 5.41) is 1.18. The van der Waals surface area contributed by atoms with Crippen molar-refractivity contribution < 1.29 is 13.2 Å². The van der Waals surface area contributed by atoms with Crippen molar-refractivity contribution in [2.24, 2.45) is 0 Å². The molecule has 3 heterocycles. The number of hydrogen-bond donors (Lipinski definition) is 2. The zero-order chi connectivity index (χ0) is 22.5. The molecular formula is C24H21F3N4O. The Bertz CT molecular complexity index is 1350. The third kappa shape index (κ3) is 3.71. The molecule has 0 bridgehead atoms. The van der Waals surface area contributed by atoms with Crippen molar-refractivity contribution in [2.45, 2.75) is 32.6 Å². The Balaban J connectivity index is 1.43. The Kier molecular flexibility index (Phi) is 4.89. The maximum absolute atomic E-state index is 12.9. The molecule has 0 spiro atoms. The van der Waals surface area contributed by atoms with Gasteiger partial charge in [0, 0.05) is 47.4 Å². The number of rotatable bonds is 3. The van der Waals surface area contributed by atoms with E-state index >= 15 is 0 Å². The van der Waals surface area contributed by atoms with Gasteiger partial charge in [-0.05, 0) is 37.1 Å². The molecule has 5 rings (SSSR count). The van der Waals surface area contributed by atoms with Gasteiger partial charge >= 0.3 is 6.18 Å². The molecule has 5 nitrogen and oxygen atoms in total. The second-order valence-electron chi connectivity index (χ2n) is 8.15. The first-order valence-corrected chi connectivity index (χ1v) is 10.4. The van der Waals surface area contributed by atoms with Gasteiger partial charge in [-0.15, -0.1) is 0 Å². The molecule has 0 amide bonds. The molecule has 0 aliphatic carbocycles. The van der Waals surface area contributed by atoms with Gasteiger partial charge in [-0.25, -0.2) is 4.98 Å². The third-order valence-corrected chi connectivity index (χ3v) is 6.05. The number of hydrogen-bond acceptors (Lipinski definition) is 3. The summed E-state index contributed by atoms with van der Waals surface area (Å²) in [6.45, 7) is 4.01. The molecule has 164 valence electrons. The van der Waals surface area contributed by atoms with E-state index in [0.717, 1.165) is 36.4 Å². The molecule has 0 atom stereocenters. The summed E-state index contributed by atoms with van der Waals surface area (Å²) in [4.78, 5) is 25.6. The zero-order valence-corrected chi connectivity index (χ0v) is 17.4. The Morgan fingerprint density at radius 3 is 2.56 bits per heavy atom. The summed E-state index contributed by atoms with van der Waals surface area (Å²) >= 11 is 0. The number of fused-ring (bicyclic) bond motifs is 2. The van der Waals surface area contributed by atoms with E-state index in [-0.39, 0.29) is 11.4 Å². The van der Waals surface area contributed by atoms with Crippen LogP contribution in [0.1, 0.15) is 28.1 Å². The molecule has 2 aromatic heterocycles. The van der Waals surface area contributed by atoms with Gasteiger partial charge in [-0.2, -0.15) is 13.2 Å². The van der Waals surface area contributed by atoms with E-state index in [4.69, 9.17) is 0 Å². The highest BCUT2D eigenvalue weighted by molar-refractivity contribution is 5.84. The van der Waals surface area contributed by atoms with Crippen LogP contribution in [-0.2, 0) is 25.7 Å². The number of aryl methyl sites for hydroxylation is 1. The smallest absolute Gasteiger partial charge is 0.358 e. The number of benzene rings is 2. The second kappa shape index (κ2) is 7.63. The number of H-pyrrole nitrogens is 2. The predicted molar refractivity (Wildman–Crippen MR) is 116 cm³/mol. The lowest BCUT2D eigenvalue weighted by Gasteiger charge is -2.28. The number of halogens is 3. The predicted octanol–water partition coefficient (Wildman–Crippen LogP) is 4.80. The fourth-order valence-corrected chi connectivity index (χ4v) is 4.34. The molecule has 0 saturated heterocycles. The quantitative estimate of drug-likeness (QED) is 0.483. The standard InChI is InChI=1S/C24H21F3N4O/c1-14-19(17-4-2-3-5-20(17)28-14)12-31-11-10-18-21(13-31)29-22(30-23(18)32)15-6-8-16(9-7-15)24(25,26)27/h2-9,28H,10-13H2,1H3,(H,29,30,32). The number of aromatic nitrogens is 3. The summed E-state index contributed by atoms with van der Waals surface area (Å²) < 4.78 is 38.6. The Morgan fingerprint density at radius 2 is 1.81 bits per heavy atom. The maximum Gasteiger partial charge on any atom is 0.416 e. The topological polar surface area (TPSA) is 64.8 Å². The van der Waals surface area contributed by atoms with Gasteiger partial charge in [-0.3, -0.25) is 9.69 Å². The monoisotopic (exact) mass is 438 g/mol. The van der Waals surface area contributed by atoms with Crippen molar-refractivity contribution in [1.29, 1.82) is 0 Å². The van der Waals surface area contributed by atoms with Crippen LogP contribution in [0.25, 0.3) is 22.3 Å². The Labute approximate surface area is 181 Å². The number of nitrogens with one attached hydrogen (secondary N) is 2. The van der Waals surface area contributed by atoms with Gasteiger partial charge in [0.15, 0.2) is 0 Å². The van der Waals surface area contributed by atoms with Crippen LogP contribution in [0.4, 0.5) is 13.2 Å². The van der Waals surface area contributed by atoms with E-state index in [1.54, 1.807) is 0 Å². The molecule has 0 saturated carbocycles. The van der Waals surface area contributed by atoms with Gasteiger partial charge < -0.3 is 9.97 Å². The average molecular weight is 438 g/mol.